The zero-order valence-corrected chi connectivity index (χ0v) is 10.3. The summed E-state index contributed by atoms with van der Waals surface area (Å²) >= 11 is 0. The molecule has 0 aliphatic rings. The van der Waals surface area contributed by atoms with E-state index in [0.29, 0.717) is 18.9 Å². The highest BCUT2D eigenvalue weighted by Gasteiger charge is 1.94. The summed E-state index contributed by atoms with van der Waals surface area (Å²) in [5.41, 5.74) is 6.19. The highest BCUT2D eigenvalue weighted by molar-refractivity contribution is 4.94. The molecule has 0 aliphatic carbocycles. The third-order valence-corrected chi connectivity index (χ3v) is 1.41. The Morgan fingerprint density at radius 2 is 1.87 bits per heavy atom. The summed E-state index contributed by atoms with van der Waals surface area (Å²) < 4.78 is 9.72. The molecule has 0 heterocycles. The van der Waals surface area contributed by atoms with E-state index in [4.69, 9.17) is 21.1 Å². The fourth-order valence-corrected chi connectivity index (χ4v) is 0.873. The van der Waals surface area contributed by atoms with Gasteiger partial charge in [0.1, 0.15) is 0 Å². The van der Waals surface area contributed by atoms with Gasteiger partial charge in [-0.25, -0.2) is 5.84 Å². The number of nitrogens with two attached hydrogens (primary N) is 2. The molecule has 0 aromatic carbocycles. The van der Waals surface area contributed by atoms with Gasteiger partial charge in [0.15, 0.2) is 0 Å². The van der Waals surface area contributed by atoms with Crippen LogP contribution in [0, 0.1) is 0 Å². The standard InChI is InChI=1S/C8H19N3O2.C2H6/c1-12-5-3-4-11(10)6-8(9)7-13-2;1-2/h6H,3-5,7,9-10H2,1-2H3;1-2H3/b8-6-;. The zero-order valence-electron chi connectivity index (χ0n) is 10.3. The van der Waals surface area contributed by atoms with Crippen molar-refractivity contribution in [3.63, 3.8) is 0 Å². The minimum Gasteiger partial charge on any atom is -0.399 e. The average Bonchev–Trinajstić information content (AvgIpc) is 2.21. The maximum atomic E-state index is 5.61. The van der Waals surface area contributed by atoms with Crippen LogP contribution < -0.4 is 11.6 Å². The quantitative estimate of drug-likeness (QED) is 0.374. The molecule has 5 nitrogen and oxygen atoms in total. The first-order chi connectivity index (χ1) is 7.20. The Hall–Kier alpha value is -0.780. The Morgan fingerprint density at radius 3 is 2.33 bits per heavy atom. The summed E-state index contributed by atoms with van der Waals surface area (Å²) in [5, 5.41) is 1.54. The summed E-state index contributed by atoms with van der Waals surface area (Å²) in [5.74, 6) is 5.61. The van der Waals surface area contributed by atoms with Gasteiger partial charge in [-0.3, -0.25) is 0 Å². The van der Waals surface area contributed by atoms with Gasteiger partial charge in [0.25, 0.3) is 0 Å². The average molecular weight is 219 g/mol. The van der Waals surface area contributed by atoms with Crippen molar-refractivity contribution in [2.24, 2.45) is 11.6 Å². The van der Waals surface area contributed by atoms with Crippen LogP contribution in [0.25, 0.3) is 0 Å². The van der Waals surface area contributed by atoms with E-state index in [1.807, 2.05) is 13.8 Å². The smallest absolute Gasteiger partial charge is 0.0871 e. The maximum Gasteiger partial charge on any atom is 0.0871 e. The Kier molecular flexibility index (Phi) is 14.7. The molecule has 4 N–H and O–H groups in total. The van der Waals surface area contributed by atoms with Crippen LogP contribution in [0.3, 0.4) is 0 Å². The van der Waals surface area contributed by atoms with Gasteiger partial charge >= 0.3 is 0 Å². The first kappa shape index (κ1) is 16.6. The van der Waals surface area contributed by atoms with E-state index in [0.717, 1.165) is 13.0 Å². The minimum atomic E-state index is 0.401. The molecule has 0 fully saturated rings. The van der Waals surface area contributed by atoms with Gasteiger partial charge in [-0.2, -0.15) is 0 Å². The number of methoxy groups -OCH3 is 2. The van der Waals surface area contributed by atoms with Crippen LogP contribution in [0.4, 0.5) is 0 Å². The van der Waals surface area contributed by atoms with Crippen molar-refractivity contribution in [3.8, 4) is 0 Å². The van der Waals surface area contributed by atoms with Crippen LogP contribution >= 0.6 is 0 Å². The van der Waals surface area contributed by atoms with Gasteiger partial charge in [-0.15, -0.1) is 0 Å². The lowest BCUT2D eigenvalue weighted by Crippen LogP contribution is -2.28. The Morgan fingerprint density at radius 1 is 1.27 bits per heavy atom. The SMILES string of the molecule is CC.COCCCN(N)/C=C(\N)COC. The van der Waals surface area contributed by atoms with Crippen LogP contribution in [-0.2, 0) is 9.47 Å². The predicted octanol–water partition coefficient (Wildman–Crippen LogP) is 0.671. The normalized spacial score (nSPS) is 10.6. The summed E-state index contributed by atoms with van der Waals surface area (Å²) in [6.07, 6.45) is 2.54. The highest BCUT2D eigenvalue weighted by Crippen LogP contribution is 1.90. The highest BCUT2D eigenvalue weighted by atomic mass is 16.5. The first-order valence-electron chi connectivity index (χ1n) is 5.16. The number of hydrogen-bond acceptors (Lipinski definition) is 5. The molecule has 0 amide bonds. The summed E-state index contributed by atoms with van der Waals surface area (Å²) in [7, 11) is 3.25. The Balaban J connectivity index is 0. The van der Waals surface area contributed by atoms with Crippen LogP contribution in [-0.4, -0.2) is 39.0 Å². The van der Waals surface area contributed by atoms with Gasteiger partial charge in [0, 0.05) is 33.6 Å². The molecule has 0 aromatic heterocycles. The largest absolute Gasteiger partial charge is 0.399 e. The number of hydrogen-bond donors (Lipinski definition) is 2. The first-order valence-corrected chi connectivity index (χ1v) is 5.16. The Bertz CT molecular complexity index is 152. The molecule has 0 spiro atoms. The molecule has 0 saturated heterocycles. The second kappa shape index (κ2) is 13.2. The molecular weight excluding hydrogens is 194 g/mol. The van der Waals surface area contributed by atoms with E-state index < -0.39 is 0 Å². The van der Waals surface area contributed by atoms with Crippen LogP contribution in [0.2, 0.25) is 0 Å². The van der Waals surface area contributed by atoms with Crippen LogP contribution in [0.5, 0.6) is 0 Å². The zero-order chi connectivity index (χ0) is 12.1. The maximum absolute atomic E-state index is 5.61. The number of ether oxygens (including phenoxy) is 2. The van der Waals surface area contributed by atoms with E-state index in [1.165, 1.54) is 5.01 Å². The molecule has 5 heteroatoms. The lowest BCUT2D eigenvalue weighted by Gasteiger charge is -2.14. The lowest BCUT2D eigenvalue weighted by atomic mass is 10.4. The molecule has 0 atom stereocenters. The number of rotatable bonds is 7. The van der Waals surface area contributed by atoms with Crippen LogP contribution in [0.1, 0.15) is 20.3 Å². The fourth-order valence-electron chi connectivity index (χ4n) is 0.873. The molecule has 15 heavy (non-hydrogen) atoms. The summed E-state index contributed by atoms with van der Waals surface area (Å²) in [4.78, 5) is 0. The van der Waals surface area contributed by atoms with Gasteiger partial charge in [-0.05, 0) is 6.42 Å². The second-order valence-electron chi connectivity index (χ2n) is 2.72. The van der Waals surface area contributed by atoms with Crippen molar-refractivity contribution in [2.45, 2.75) is 20.3 Å². The third-order valence-electron chi connectivity index (χ3n) is 1.41. The number of nitrogens with zero attached hydrogens (tertiary/aromatic N) is 1. The topological polar surface area (TPSA) is 73.7 Å². The second-order valence-corrected chi connectivity index (χ2v) is 2.72. The van der Waals surface area contributed by atoms with E-state index in [1.54, 1.807) is 20.4 Å². The monoisotopic (exact) mass is 219 g/mol. The fraction of sp³-hybridized carbons (Fsp3) is 0.800. The van der Waals surface area contributed by atoms with Crippen molar-refractivity contribution < 1.29 is 9.47 Å². The van der Waals surface area contributed by atoms with E-state index >= 15 is 0 Å². The van der Waals surface area contributed by atoms with Crippen molar-refractivity contribution in [2.75, 3.05) is 34.0 Å². The molecule has 0 saturated carbocycles. The van der Waals surface area contributed by atoms with Gasteiger partial charge in [0.2, 0.25) is 0 Å². The molecule has 0 unspecified atom stereocenters. The van der Waals surface area contributed by atoms with Crippen LogP contribution in [0.15, 0.2) is 11.9 Å². The van der Waals surface area contributed by atoms with E-state index in [-0.39, 0.29) is 0 Å². The van der Waals surface area contributed by atoms with Crippen molar-refractivity contribution in [3.05, 3.63) is 11.9 Å². The Labute approximate surface area is 93.0 Å². The third kappa shape index (κ3) is 13.2. The van der Waals surface area contributed by atoms with Gasteiger partial charge in [0.05, 0.1) is 12.3 Å². The molecule has 0 rings (SSSR count). The molecule has 0 bridgehead atoms. The van der Waals surface area contributed by atoms with Crippen molar-refractivity contribution in [1.29, 1.82) is 0 Å². The van der Waals surface area contributed by atoms with Gasteiger partial charge in [-0.1, -0.05) is 13.8 Å². The van der Waals surface area contributed by atoms with Crippen molar-refractivity contribution in [1.82, 2.24) is 5.01 Å². The predicted molar refractivity (Wildman–Crippen MR) is 62.9 cm³/mol. The molecule has 0 aromatic rings. The molecular formula is C10H25N3O2. The lowest BCUT2D eigenvalue weighted by molar-refractivity contribution is 0.182. The van der Waals surface area contributed by atoms with E-state index in [2.05, 4.69) is 0 Å². The summed E-state index contributed by atoms with van der Waals surface area (Å²) in [6.45, 7) is 5.82. The summed E-state index contributed by atoms with van der Waals surface area (Å²) in [6, 6.07) is 0. The minimum absolute atomic E-state index is 0.401. The molecule has 0 radical (unpaired) electrons. The van der Waals surface area contributed by atoms with Gasteiger partial charge < -0.3 is 20.2 Å². The van der Waals surface area contributed by atoms with Crippen molar-refractivity contribution >= 4 is 0 Å². The number of hydrazine groups is 1. The molecule has 92 valence electrons. The molecule has 0 aliphatic heterocycles. The van der Waals surface area contributed by atoms with E-state index in [9.17, 15) is 0 Å².